The van der Waals surface area contributed by atoms with Crippen molar-refractivity contribution in [2.24, 2.45) is 12.8 Å². The summed E-state index contributed by atoms with van der Waals surface area (Å²) in [5.41, 5.74) is 8.10. The second-order valence-electron chi connectivity index (χ2n) is 3.58. The van der Waals surface area contributed by atoms with E-state index < -0.39 is 0 Å². The number of pyridine rings is 1. The first kappa shape index (κ1) is 9.86. The summed E-state index contributed by atoms with van der Waals surface area (Å²) < 4.78 is 1.76. The number of nitrogens with two attached hydrogens (primary N) is 1. The van der Waals surface area contributed by atoms with Crippen LogP contribution in [0.5, 0.6) is 0 Å². The monoisotopic (exact) mass is 202 g/mol. The van der Waals surface area contributed by atoms with Crippen LogP contribution in [0, 0.1) is 0 Å². The fraction of sp³-hybridized carbons (Fsp3) is 0.273. The smallest absolute Gasteiger partial charge is 0.0537 e. The maximum atomic E-state index is 6.05. The summed E-state index contributed by atoms with van der Waals surface area (Å²) in [5, 5.41) is 4.10. The lowest BCUT2D eigenvalue weighted by Gasteiger charge is -2.07. The molecule has 4 heteroatoms. The lowest BCUT2D eigenvalue weighted by molar-refractivity contribution is 0.703. The molecule has 0 saturated carbocycles. The van der Waals surface area contributed by atoms with Crippen LogP contribution in [0.25, 0.3) is 0 Å². The van der Waals surface area contributed by atoms with Gasteiger partial charge < -0.3 is 5.73 Å². The Morgan fingerprint density at radius 3 is 2.93 bits per heavy atom. The zero-order valence-corrected chi connectivity index (χ0v) is 8.67. The van der Waals surface area contributed by atoms with Crippen LogP contribution >= 0.6 is 0 Å². The molecule has 0 aliphatic rings. The van der Waals surface area contributed by atoms with E-state index in [1.54, 1.807) is 17.1 Å². The van der Waals surface area contributed by atoms with E-state index in [9.17, 15) is 0 Å². The van der Waals surface area contributed by atoms with Crippen molar-refractivity contribution in [3.63, 3.8) is 0 Å². The van der Waals surface area contributed by atoms with Gasteiger partial charge in [-0.1, -0.05) is 6.07 Å². The molecule has 15 heavy (non-hydrogen) atoms. The molecule has 0 aliphatic carbocycles. The Morgan fingerprint density at radius 2 is 2.33 bits per heavy atom. The van der Waals surface area contributed by atoms with Gasteiger partial charge in [0.2, 0.25) is 0 Å². The van der Waals surface area contributed by atoms with E-state index in [-0.39, 0.29) is 6.04 Å². The van der Waals surface area contributed by atoms with Gasteiger partial charge in [-0.05, 0) is 12.1 Å². The third-order valence-corrected chi connectivity index (χ3v) is 2.31. The van der Waals surface area contributed by atoms with Crippen LogP contribution < -0.4 is 5.73 Å². The van der Waals surface area contributed by atoms with E-state index in [0.29, 0.717) is 0 Å². The molecule has 2 N–H and O–H groups in total. The average molecular weight is 202 g/mol. The second-order valence-corrected chi connectivity index (χ2v) is 3.58. The zero-order valence-electron chi connectivity index (χ0n) is 8.67. The molecule has 78 valence electrons. The van der Waals surface area contributed by atoms with Gasteiger partial charge in [0.15, 0.2) is 0 Å². The van der Waals surface area contributed by atoms with Crippen molar-refractivity contribution in [2.45, 2.75) is 12.5 Å². The maximum absolute atomic E-state index is 6.05. The van der Waals surface area contributed by atoms with E-state index >= 15 is 0 Å². The Morgan fingerprint density at radius 1 is 1.47 bits per heavy atom. The van der Waals surface area contributed by atoms with E-state index in [1.165, 1.54) is 0 Å². The van der Waals surface area contributed by atoms with Crippen LogP contribution in [-0.4, -0.2) is 14.8 Å². The van der Waals surface area contributed by atoms with Crippen molar-refractivity contribution in [3.8, 4) is 0 Å². The summed E-state index contributed by atoms with van der Waals surface area (Å²) >= 11 is 0. The SMILES string of the molecule is Cn1cc(C(N)Cc2ccccn2)cn1. The lowest BCUT2D eigenvalue weighted by Crippen LogP contribution is -2.13. The van der Waals surface area contributed by atoms with Gasteiger partial charge in [-0.3, -0.25) is 9.67 Å². The number of aryl methyl sites for hydroxylation is 1. The summed E-state index contributed by atoms with van der Waals surface area (Å²) in [4.78, 5) is 4.24. The maximum Gasteiger partial charge on any atom is 0.0537 e. The number of nitrogens with zero attached hydrogens (tertiary/aromatic N) is 3. The predicted octanol–water partition coefficient (Wildman–Crippen LogP) is 1.06. The van der Waals surface area contributed by atoms with Crippen molar-refractivity contribution in [1.29, 1.82) is 0 Å². The average Bonchev–Trinajstić information content (AvgIpc) is 2.66. The molecule has 0 aromatic carbocycles. The molecule has 0 amide bonds. The van der Waals surface area contributed by atoms with E-state index in [0.717, 1.165) is 17.7 Å². The number of rotatable bonds is 3. The molecule has 0 aliphatic heterocycles. The van der Waals surface area contributed by atoms with Gasteiger partial charge in [0.05, 0.1) is 6.20 Å². The van der Waals surface area contributed by atoms with Crippen LogP contribution in [0.3, 0.4) is 0 Å². The van der Waals surface area contributed by atoms with Gasteiger partial charge in [-0.25, -0.2) is 0 Å². The van der Waals surface area contributed by atoms with E-state index in [1.807, 2.05) is 31.4 Å². The van der Waals surface area contributed by atoms with E-state index in [4.69, 9.17) is 5.73 Å². The first-order chi connectivity index (χ1) is 7.25. The summed E-state index contributed by atoms with van der Waals surface area (Å²) in [5.74, 6) is 0. The molecule has 1 unspecified atom stereocenters. The van der Waals surface area contributed by atoms with Crippen molar-refractivity contribution in [2.75, 3.05) is 0 Å². The summed E-state index contributed by atoms with van der Waals surface area (Å²) in [6.07, 6.45) is 6.26. The summed E-state index contributed by atoms with van der Waals surface area (Å²) in [6.45, 7) is 0. The molecular weight excluding hydrogens is 188 g/mol. The molecule has 4 nitrogen and oxygen atoms in total. The third-order valence-electron chi connectivity index (χ3n) is 2.31. The minimum atomic E-state index is -0.0337. The summed E-state index contributed by atoms with van der Waals surface area (Å²) in [7, 11) is 1.89. The largest absolute Gasteiger partial charge is 0.324 e. The van der Waals surface area contributed by atoms with Gasteiger partial charge in [-0.2, -0.15) is 5.10 Å². The molecule has 2 aromatic heterocycles. The molecule has 0 bridgehead atoms. The minimum absolute atomic E-state index is 0.0337. The fourth-order valence-corrected chi connectivity index (χ4v) is 1.49. The van der Waals surface area contributed by atoms with Crippen LogP contribution in [0.4, 0.5) is 0 Å². The minimum Gasteiger partial charge on any atom is -0.324 e. The molecule has 0 spiro atoms. The van der Waals surface area contributed by atoms with Gasteiger partial charge in [0.25, 0.3) is 0 Å². The molecule has 2 heterocycles. The van der Waals surface area contributed by atoms with Gasteiger partial charge >= 0.3 is 0 Å². The highest BCUT2D eigenvalue weighted by molar-refractivity contribution is 5.14. The van der Waals surface area contributed by atoms with Crippen molar-refractivity contribution in [1.82, 2.24) is 14.8 Å². The quantitative estimate of drug-likeness (QED) is 0.809. The predicted molar refractivity (Wildman–Crippen MR) is 58.1 cm³/mol. The molecule has 2 rings (SSSR count). The van der Waals surface area contributed by atoms with Crippen molar-refractivity contribution < 1.29 is 0 Å². The molecule has 0 saturated heterocycles. The molecular formula is C11H14N4. The Balaban J connectivity index is 2.07. The van der Waals surface area contributed by atoms with Crippen molar-refractivity contribution in [3.05, 3.63) is 48.0 Å². The second kappa shape index (κ2) is 4.23. The highest BCUT2D eigenvalue weighted by Gasteiger charge is 2.09. The fourth-order valence-electron chi connectivity index (χ4n) is 1.49. The summed E-state index contributed by atoms with van der Waals surface area (Å²) in [6, 6.07) is 5.82. The molecule has 2 aromatic rings. The Labute approximate surface area is 88.8 Å². The van der Waals surface area contributed by atoms with Crippen LogP contribution in [0.2, 0.25) is 0 Å². The topological polar surface area (TPSA) is 56.7 Å². The van der Waals surface area contributed by atoms with Crippen LogP contribution in [0.15, 0.2) is 36.8 Å². The molecule has 0 radical (unpaired) electrons. The van der Waals surface area contributed by atoms with Crippen LogP contribution in [0.1, 0.15) is 17.3 Å². The number of aromatic nitrogens is 3. The van der Waals surface area contributed by atoms with Crippen LogP contribution in [-0.2, 0) is 13.5 Å². The normalized spacial score (nSPS) is 12.7. The van der Waals surface area contributed by atoms with E-state index in [2.05, 4.69) is 10.1 Å². The first-order valence-corrected chi connectivity index (χ1v) is 4.90. The highest BCUT2D eigenvalue weighted by atomic mass is 15.2. The van der Waals surface area contributed by atoms with Crippen molar-refractivity contribution >= 4 is 0 Å². The number of hydrogen-bond donors (Lipinski definition) is 1. The Hall–Kier alpha value is -1.68. The Kier molecular flexibility index (Phi) is 2.78. The zero-order chi connectivity index (χ0) is 10.7. The number of hydrogen-bond acceptors (Lipinski definition) is 3. The molecule has 0 fully saturated rings. The third kappa shape index (κ3) is 2.41. The van der Waals surface area contributed by atoms with Gasteiger partial charge in [0, 0.05) is 43.2 Å². The van der Waals surface area contributed by atoms with Gasteiger partial charge in [-0.15, -0.1) is 0 Å². The molecule has 1 atom stereocenters. The highest BCUT2D eigenvalue weighted by Crippen LogP contribution is 2.13. The standard InChI is InChI=1S/C11H14N4/c1-15-8-9(7-14-15)11(12)6-10-4-2-3-5-13-10/h2-5,7-8,11H,6,12H2,1H3. The Bertz CT molecular complexity index is 421. The van der Waals surface area contributed by atoms with Gasteiger partial charge in [0.1, 0.15) is 0 Å². The first-order valence-electron chi connectivity index (χ1n) is 4.90. The lowest BCUT2D eigenvalue weighted by atomic mass is 10.1.